The zero-order chi connectivity index (χ0) is 31.2. The van der Waals surface area contributed by atoms with Crippen molar-refractivity contribution in [2.45, 2.75) is 70.0 Å². The molecule has 0 bridgehead atoms. The molecule has 4 aromatic rings. The van der Waals surface area contributed by atoms with E-state index in [1.807, 2.05) is 91.0 Å². The van der Waals surface area contributed by atoms with Crippen molar-refractivity contribution in [2.24, 2.45) is 0 Å². The van der Waals surface area contributed by atoms with Crippen molar-refractivity contribution >= 4 is 34.2 Å². The Morgan fingerprint density at radius 3 is 2.42 bits per heavy atom. The van der Waals surface area contributed by atoms with Crippen LogP contribution in [0, 0.1) is 0 Å². The van der Waals surface area contributed by atoms with E-state index in [1.54, 1.807) is 16.9 Å². The van der Waals surface area contributed by atoms with Gasteiger partial charge in [-0.3, -0.25) is 14.4 Å². The van der Waals surface area contributed by atoms with Gasteiger partial charge in [0.2, 0.25) is 11.8 Å². The van der Waals surface area contributed by atoms with Gasteiger partial charge >= 0.3 is 0 Å². The van der Waals surface area contributed by atoms with E-state index in [0.717, 1.165) is 53.3 Å². The number of hydrogen-bond donors (Lipinski definition) is 1. The first kappa shape index (κ1) is 30.4. The van der Waals surface area contributed by atoms with Crippen LogP contribution in [0.1, 0.15) is 66.4 Å². The van der Waals surface area contributed by atoms with Gasteiger partial charge in [0, 0.05) is 42.9 Å². The lowest BCUT2D eigenvalue weighted by molar-refractivity contribution is -0.141. The molecule has 1 fully saturated rings. The highest BCUT2D eigenvalue weighted by Gasteiger charge is 2.33. The third-order valence-electron chi connectivity index (χ3n) is 9.13. The highest BCUT2D eigenvalue weighted by molar-refractivity contribution is 6.25. The standard InChI is InChI=1S/C38H41N3O4/c1-45-31-19-8-14-28(24-31)26-41(34(25-27-12-4-2-5-13-27)37(43)39-30-17-6-3-7-18-30)35(42)22-11-23-40-33-21-10-16-29-15-9-20-32(36(29)33)38(40)44/h2,4-5,8-10,12-16,19-21,24,30,34H,3,6-7,11,17-18,22-23,25-26H2,1H3,(H,39,43). The predicted octanol–water partition coefficient (Wildman–Crippen LogP) is 6.68. The molecule has 1 saturated carbocycles. The number of carbonyl (C=O) groups excluding carboxylic acids is 3. The Labute approximate surface area is 265 Å². The summed E-state index contributed by atoms with van der Waals surface area (Å²) < 4.78 is 5.46. The van der Waals surface area contributed by atoms with E-state index < -0.39 is 6.04 Å². The Morgan fingerprint density at radius 2 is 1.64 bits per heavy atom. The van der Waals surface area contributed by atoms with Crippen molar-refractivity contribution < 1.29 is 19.1 Å². The Morgan fingerprint density at radius 1 is 0.911 bits per heavy atom. The molecule has 1 aliphatic heterocycles. The average Bonchev–Trinajstić information content (AvgIpc) is 3.35. The van der Waals surface area contributed by atoms with Gasteiger partial charge in [0.05, 0.1) is 12.8 Å². The molecule has 3 amide bonds. The molecule has 1 heterocycles. The van der Waals surface area contributed by atoms with Crippen LogP contribution in [0.25, 0.3) is 10.8 Å². The van der Waals surface area contributed by atoms with Gasteiger partial charge in [-0.15, -0.1) is 0 Å². The third kappa shape index (κ3) is 6.88. The molecule has 232 valence electrons. The monoisotopic (exact) mass is 603 g/mol. The van der Waals surface area contributed by atoms with Crippen LogP contribution >= 0.6 is 0 Å². The maximum Gasteiger partial charge on any atom is 0.258 e. The first-order valence-electron chi connectivity index (χ1n) is 16.1. The van der Waals surface area contributed by atoms with Crippen LogP contribution in [0.3, 0.4) is 0 Å². The Balaban J connectivity index is 1.24. The van der Waals surface area contributed by atoms with Crippen LogP contribution in [-0.4, -0.2) is 48.4 Å². The Hall–Kier alpha value is -4.65. The zero-order valence-electron chi connectivity index (χ0n) is 25.9. The highest BCUT2D eigenvalue weighted by atomic mass is 16.5. The van der Waals surface area contributed by atoms with E-state index in [-0.39, 0.29) is 36.7 Å². The summed E-state index contributed by atoms with van der Waals surface area (Å²) >= 11 is 0. The van der Waals surface area contributed by atoms with Crippen molar-refractivity contribution in [3.05, 3.63) is 108 Å². The molecule has 1 unspecified atom stereocenters. The molecule has 1 atom stereocenters. The number of rotatable bonds is 12. The van der Waals surface area contributed by atoms with Crippen molar-refractivity contribution in [2.75, 3.05) is 18.6 Å². The molecule has 45 heavy (non-hydrogen) atoms. The normalized spacial score (nSPS) is 15.2. The maximum absolute atomic E-state index is 14.2. The van der Waals surface area contributed by atoms with Crippen LogP contribution < -0.4 is 15.0 Å². The summed E-state index contributed by atoms with van der Waals surface area (Å²) in [5, 5.41) is 5.31. The molecule has 0 aromatic heterocycles. The lowest BCUT2D eigenvalue weighted by Crippen LogP contribution is -2.52. The lowest BCUT2D eigenvalue weighted by atomic mass is 9.94. The quantitative estimate of drug-likeness (QED) is 0.196. The second-order valence-electron chi connectivity index (χ2n) is 12.2. The molecule has 4 aromatic carbocycles. The van der Waals surface area contributed by atoms with E-state index in [4.69, 9.17) is 4.74 Å². The SMILES string of the molecule is COc1cccc(CN(C(=O)CCCN2C(=O)c3cccc4cccc2c34)C(Cc2ccccc2)C(=O)NC2CCCCC2)c1. The molecule has 1 aliphatic carbocycles. The zero-order valence-corrected chi connectivity index (χ0v) is 25.9. The van der Waals surface area contributed by atoms with Gasteiger partial charge in [0.25, 0.3) is 5.91 Å². The molecule has 6 rings (SSSR count). The van der Waals surface area contributed by atoms with Crippen LogP contribution in [-0.2, 0) is 22.6 Å². The van der Waals surface area contributed by atoms with Crippen molar-refractivity contribution in [3.8, 4) is 5.75 Å². The molecule has 0 saturated heterocycles. The van der Waals surface area contributed by atoms with E-state index in [9.17, 15) is 14.4 Å². The molecule has 0 radical (unpaired) electrons. The fraction of sp³-hybridized carbons (Fsp3) is 0.342. The summed E-state index contributed by atoms with van der Waals surface area (Å²) in [4.78, 5) is 45.1. The van der Waals surface area contributed by atoms with Crippen molar-refractivity contribution in [3.63, 3.8) is 0 Å². The topological polar surface area (TPSA) is 79.0 Å². The van der Waals surface area contributed by atoms with Crippen LogP contribution in [0.2, 0.25) is 0 Å². The smallest absolute Gasteiger partial charge is 0.258 e. The van der Waals surface area contributed by atoms with Crippen LogP contribution in [0.5, 0.6) is 5.75 Å². The molecule has 2 aliphatic rings. The summed E-state index contributed by atoms with van der Waals surface area (Å²) in [6.45, 7) is 0.696. The lowest BCUT2D eigenvalue weighted by Gasteiger charge is -2.34. The summed E-state index contributed by atoms with van der Waals surface area (Å²) in [6.07, 6.45) is 6.44. The largest absolute Gasteiger partial charge is 0.497 e. The first-order chi connectivity index (χ1) is 22.0. The number of anilines is 1. The number of nitrogens with one attached hydrogen (secondary N) is 1. The minimum absolute atomic E-state index is 0.0312. The molecule has 7 nitrogen and oxygen atoms in total. The van der Waals surface area contributed by atoms with Gasteiger partial charge in [0.1, 0.15) is 11.8 Å². The first-order valence-corrected chi connectivity index (χ1v) is 16.1. The van der Waals surface area contributed by atoms with Crippen LogP contribution in [0.4, 0.5) is 5.69 Å². The van der Waals surface area contributed by atoms with Crippen LogP contribution in [0.15, 0.2) is 91.0 Å². The summed E-state index contributed by atoms with van der Waals surface area (Å²) in [5.41, 5.74) is 3.49. The fourth-order valence-corrected chi connectivity index (χ4v) is 6.80. The third-order valence-corrected chi connectivity index (χ3v) is 9.13. The minimum atomic E-state index is -0.681. The van der Waals surface area contributed by atoms with Gasteiger partial charge in [-0.1, -0.05) is 86.0 Å². The number of methoxy groups -OCH3 is 1. The van der Waals surface area contributed by atoms with Gasteiger partial charge in [-0.25, -0.2) is 0 Å². The highest BCUT2D eigenvalue weighted by Crippen LogP contribution is 2.37. The number of carbonyl (C=O) groups is 3. The van der Waals surface area contributed by atoms with E-state index in [2.05, 4.69) is 5.32 Å². The van der Waals surface area contributed by atoms with Gasteiger partial charge in [0.15, 0.2) is 0 Å². The van der Waals surface area contributed by atoms with Gasteiger partial charge < -0.3 is 19.9 Å². The van der Waals surface area contributed by atoms with Gasteiger partial charge in [-0.2, -0.15) is 0 Å². The molecular weight excluding hydrogens is 562 g/mol. The molecule has 1 N–H and O–H groups in total. The Kier molecular flexibility index (Phi) is 9.44. The molecule has 0 spiro atoms. The second-order valence-corrected chi connectivity index (χ2v) is 12.2. The van der Waals surface area contributed by atoms with Crippen molar-refractivity contribution in [1.82, 2.24) is 10.2 Å². The number of ether oxygens (including phenoxy) is 1. The van der Waals surface area contributed by atoms with Gasteiger partial charge in [-0.05, 0) is 60.0 Å². The molecular formula is C38H41N3O4. The predicted molar refractivity (Wildman–Crippen MR) is 177 cm³/mol. The summed E-state index contributed by atoms with van der Waals surface area (Å²) in [7, 11) is 1.62. The number of nitrogens with zero attached hydrogens (tertiary/aromatic N) is 2. The average molecular weight is 604 g/mol. The minimum Gasteiger partial charge on any atom is -0.497 e. The summed E-state index contributed by atoms with van der Waals surface area (Å²) in [5.74, 6) is 0.447. The number of amides is 3. The number of benzene rings is 4. The maximum atomic E-state index is 14.2. The fourth-order valence-electron chi connectivity index (χ4n) is 6.80. The van der Waals surface area contributed by atoms with Crippen molar-refractivity contribution in [1.29, 1.82) is 0 Å². The number of hydrogen-bond acceptors (Lipinski definition) is 4. The second kappa shape index (κ2) is 14.0. The summed E-state index contributed by atoms with van der Waals surface area (Å²) in [6, 6.07) is 28.8. The van der Waals surface area contributed by atoms with E-state index in [0.29, 0.717) is 30.7 Å². The van der Waals surface area contributed by atoms with E-state index >= 15 is 0 Å². The Bertz CT molecular complexity index is 1660. The molecule has 7 heteroatoms. The van der Waals surface area contributed by atoms with E-state index in [1.165, 1.54) is 6.42 Å².